The van der Waals surface area contributed by atoms with Crippen LogP contribution in [-0.4, -0.2) is 0 Å². The summed E-state index contributed by atoms with van der Waals surface area (Å²) in [5.41, 5.74) is 0. The van der Waals surface area contributed by atoms with E-state index in [1.807, 2.05) is 0 Å². The lowest BCUT2D eigenvalue weighted by molar-refractivity contribution is 0.209. The zero-order chi connectivity index (χ0) is 17.9. The maximum Gasteiger partial charge on any atom is 0.196 e. The average Bonchev–Trinajstić information content (AvgIpc) is 2.66. The Balaban J connectivity index is 1.53. The number of hydrogen-bond donors (Lipinski definition) is 0. The van der Waals surface area contributed by atoms with Crippen LogP contribution in [0.5, 0.6) is 0 Å². The Morgan fingerprint density at radius 2 is 1.28 bits per heavy atom. The van der Waals surface area contributed by atoms with Gasteiger partial charge in [-0.05, 0) is 42.6 Å². The van der Waals surface area contributed by atoms with E-state index in [9.17, 15) is 4.39 Å². The van der Waals surface area contributed by atoms with Crippen LogP contribution in [-0.2, 0) is 0 Å². The first-order chi connectivity index (χ1) is 12.2. The third-order valence-corrected chi connectivity index (χ3v) is 6.89. The molecule has 0 unspecified atom stereocenters. The summed E-state index contributed by atoms with van der Waals surface area (Å²) in [6.07, 6.45) is 21.8. The SMILES string of the molecule is CCCCC1CCC(CCC2CCC(CCC=C(F)C#N)CC2)CC1. The predicted molar refractivity (Wildman–Crippen MR) is 104 cm³/mol. The molecule has 0 spiro atoms. The van der Waals surface area contributed by atoms with Gasteiger partial charge in [-0.1, -0.05) is 90.4 Å². The predicted octanol–water partition coefficient (Wildman–Crippen LogP) is 7.73. The zero-order valence-corrected chi connectivity index (χ0v) is 16.3. The van der Waals surface area contributed by atoms with Gasteiger partial charge in [0.15, 0.2) is 5.83 Å². The van der Waals surface area contributed by atoms with Crippen molar-refractivity contribution in [3.63, 3.8) is 0 Å². The topological polar surface area (TPSA) is 23.8 Å². The van der Waals surface area contributed by atoms with Crippen molar-refractivity contribution >= 4 is 0 Å². The molecule has 0 aromatic rings. The van der Waals surface area contributed by atoms with Gasteiger partial charge in [-0.3, -0.25) is 0 Å². The molecule has 0 radical (unpaired) electrons. The van der Waals surface area contributed by atoms with Gasteiger partial charge in [0.1, 0.15) is 6.07 Å². The van der Waals surface area contributed by atoms with Gasteiger partial charge in [-0.15, -0.1) is 0 Å². The van der Waals surface area contributed by atoms with Crippen molar-refractivity contribution in [2.45, 2.75) is 103 Å². The van der Waals surface area contributed by atoms with Crippen LogP contribution in [0.2, 0.25) is 0 Å². The molecule has 0 bridgehead atoms. The fourth-order valence-corrected chi connectivity index (χ4v) is 5.07. The Hall–Kier alpha value is -0.840. The maximum absolute atomic E-state index is 12.8. The molecule has 142 valence electrons. The molecular formula is C23H38FN. The van der Waals surface area contributed by atoms with E-state index < -0.39 is 5.83 Å². The summed E-state index contributed by atoms with van der Waals surface area (Å²) in [6.45, 7) is 2.31. The van der Waals surface area contributed by atoms with Crippen LogP contribution in [0.15, 0.2) is 11.9 Å². The molecule has 2 fully saturated rings. The summed E-state index contributed by atoms with van der Waals surface area (Å²) in [7, 11) is 0. The van der Waals surface area contributed by atoms with E-state index in [1.165, 1.54) is 89.5 Å². The summed E-state index contributed by atoms with van der Waals surface area (Å²) in [4.78, 5) is 0. The van der Waals surface area contributed by atoms with Crippen molar-refractivity contribution in [3.05, 3.63) is 11.9 Å². The van der Waals surface area contributed by atoms with Gasteiger partial charge in [0.25, 0.3) is 0 Å². The molecule has 0 N–H and O–H groups in total. The molecule has 2 saturated carbocycles. The summed E-state index contributed by atoms with van der Waals surface area (Å²) >= 11 is 0. The molecule has 0 aliphatic heterocycles. The molecule has 25 heavy (non-hydrogen) atoms. The van der Waals surface area contributed by atoms with Crippen molar-refractivity contribution in [1.82, 2.24) is 0 Å². The molecule has 2 heteroatoms. The Bertz CT molecular complexity index is 420. The minimum absolute atomic E-state index is 0.613. The lowest BCUT2D eigenvalue weighted by Crippen LogP contribution is -2.18. The van der Waals surface area contributed by atoms with Gasteiger partial charge < -0.3 is 0 Å². The molecule has 0 atom stereocenters. The summed E-state index contributed by atoms with van der Waals surface area (Å²) in [5.74, 6) is 3.13. The first-order valence-electron chi connectivity index (χ1n) is 11.0. The van der Waals surface area contributed by atoms with Crippen molar-refractivity contribution in [1.29, 1.82) is 5.26 Å². The van der Waals surface area contributed by atoms with Crippen LogP contribution in [0.3, 0.4) is 0 Å². The van der Waals surface area contributed by atoms with E-state index in [-0.39, 0.29) is 0 Å². The molecule has 2 rings (SSSR count). The van der Waals surface area contributed by atoms with Crippen molar-refractivity contribution in [2.24, 2.45) is 23.7 Å². The zero-order valence-electron chi connectivity index (χ0n) is 16.3. The van der Waals surface area contributed by atoms with Crippen molar-refractivity contribution in [2.75, 3.05) is 0 Å². The van der Waals surface area contributed by atoms with Crippen LogP contribution < -0.4 is 0 Å². The molecule has 0 saturated heterocycles. The number of halogens is 1. The molecule has 1 nitrogen and oxygen atoms in total. The monoisotopic (exact) mass is 347 g/mol. The first-order valence-corrected chi connectivity index (χ1v) is 11.0. The molecule has 0 amide bonds. The smallest absolute Gasteiger partial charge is 0.195 e. The third-order valence-electron chi connectivity index (χ3n) is 6.89. The molecule has 0 heterocycles. The van der Waals surface area contributed by atoms with Gasteiger partial charge in [0, 0.05) is 0 Å². The normalized spacial score (nSPS) is 30.8. The molecule has 0 aromatic heterocycles. The fourth-order valence-electron chi connectivity index (χ4n) is 5.07. The Morgan fingerprint density at radius 3 is 1.72 bits per heavy atom. The summed E-state index contributed by atoms with van der Waals surface area (Å²) < 4.78 is 12.8. The highest BCUT2D eigenvalue weighted by atomic mass is 19.1. The van der Waals surface area contributed by atoms with Crippen molar-refractivity contribution in [3.8, 4) is 6.07 Å². The van der Waals surface area contributed by atoms with E-state index >= 15 is 0 Å². The average molecular weight is 348 g/mol. The molecule has 0 aromatic carbocycles. The fraction of sp³-hybridized carbons (Fsp3) is 0.870. The number of allylic oxidation sites excluding steroid dienone is 2. The van der Waals surface area contributed by atoms with E-state index in [1.54, 1.807) is 6.07 Å². The molecule has 2 aliphatic carbocycles. The highest BCUT2D eigenvalue weighted by molar-refractivity contribution is 5.11. The van der Waals surface area contributed by atoms with Gasteiger partial charge in [-0.25, -0.2) is 0 Å². The standard InChI is InChI=1S/C23H38FN/c1-2-3-5-19-8-12-21(13-9-19)16-17-22-14-10-20(11-15-22)6-4-7-23(24)18-25/h7,19-22H,2-6,8-17H2,1H3. The second-order valence-corrected chi connectivity index (χ2v) is 8.73. The second-order valence-electron chi connectivity index (χ2n) is 8.73. The van der Waals surface area contributed by atoms with E-state index in [2.05, 4.69) is 6.92 Å². The highest BCUT2D eigenvalue weighted by Crippen LogP contribution is 2.38. The van der Waals surface area contributed by atoms with Crippen LogP contribution in [0, 0.1) is 35.0 Å². The van der Waals surface area contributed by atoms with Gasteiger partial charge in [0.05, 0.1) is 0 Å². The minimum atomic E-state index is -0.613. The quantitative estimate of drug-likeness (QED) is 0.391. The van der Waals surface area contributed by atoms with Crippen LogP contribution >= 0.6 is 0 Å². The second kappa shape index (κ2) is 11.7. The highest BCUT2D eigenvalue weighted by Gasteiger charge is 2.24. The largest absolute Gasteiger partial charge is 0.196 e. The lowest BCUT2D eigenvalue weighted by atomic mass is 9.74. The van der Waals surface area contributed by atoms with E-state index in [0.29, 0.717) is 0 Å². The number of unbranched alkanes of at least 4 members (excludes halogenated alkanes) is 1. The van der Waals surface area contributed by atoms with Crippen LogP contribution in [0.1, 0.15) is 103 Å². The lowest BCUT2D eigenvalue weighted by Gasteiger charge is -2.32. The Morgan fingerprint density at radius 1 is 0.840 bits per heavy atom. The van der Waals surface area contributed by atoms with Crippen molar-refractivity contribution < 1.29 is 4.39 Å². The summed E-state index contributed by atoms with van der Waals surface area (Å²) in [5, 5.41) is 8.43. The van der Waals surface area contributed by atoms with Gasteiger partial charge >= 0.3 is 0 Å². The molecular weight excluding hydrogens is 309 g/mol. The summed E-state index contributed by atoms with van der Waals surface area (Å²) in [6, 6.07) is 1.56. The van der Waals surface area contributed by atoms with Gasteiger partial charge in [-0.2, -0.15) is 9.65 Å². The van der Waals surface area contributed by atoms with E-state index in [4.69, 9.17) is 5.26 Å². The number of nitriles is 1. The first kappa shape index (κ1) is 20.5. The Labute approximate surface area is 155 Å². The third kappa shape index (κ3) is 7.93. The maximum atomic E-state index is 12.8. The van der Waals surface area contributed by atoms with E-state index in [0.717, 1.165) is 36.5 Å². The minimum Gasteiger partial charge on any atom is -0.195 e. The molecule has 2 aliphatic rings. The Kier molecular flexibility index (Phi) is 9.59. The number of nitrogens with zero attached hydrogens (tertiary/aromatic N) is 1. The number of hydrogen-bond acceptors (Lipinski definition) is 1. The van der Waals surface area contributed by atoms with Crippen LogP contribution in [0.25, 0.3) is 0 Å². The van der Waals surface area contributed by atoms with Crippen LogP contribution in [0.4, 0.5) is 4.39 Å². The number of rotatable bonds is 9. The van der Waals surface area contributed by atoms with Gasteiger partial charge in [0.2, 0.25) is 0 Å².